The van der Waals surface area contributed by atoms with Crippen LogP contribution in [0.2, 0.25) is 0 Å². The molecule has 0 aliphatic carbocycles. The van der Waals surface area contributed by atoms with Gasteiger partial charge in [0.25, 0.3) is 0 Å². The van der Waals surface area contributed by atoms with Gasteiger partial charge in [-0.3, -0.25) is 9.59 Å². The lowest BCUT2D eigenvalue weighted by Crippen LogP contribution is -2.47. The molecule has 1 aromatic rings. The lowest BCUT2D eigenvalue weighted by Gasteiger charge is -2.27. The van der Waals surface area contributed by atoms with E-state index in [2.05, 4.69) is 10.0 Å². The van der Waals surface area contributed by atoms with Crippen LogP contribution in [0, 0.1) is 0 Å². The summed E-state index contributed by atoms with van der Waals surface area (Å²) in [5, 5.41) is 12.4. The maximum Gasteiger partial charge on any atom is 0.421 e. The van der Waals surface area contributed by atoms with Crippen LogP contribution in [0.3, 0.4) is 0 Å². The van der Waals surface area contributed by atoms with E-state index >= 15 is 0 Å². The van der Waals surface area contributed by atoms with Gasteiger partial charge in [-0.2, -0.15) is 4.90 Å². The molecular formula is C13H12N4O4. The normalized spacial score (nSPS) is 18.3. The van der Waals surface area contributed by atoms with Crippen molar-refractivity contribution in [2.24, 2.45) is 5.11 Å². The highest BCUT2D eigenvalue weighted by Crippen LogP contribution is 2.29. The maximum absolute atomic E-state index is 12.1. The molecule has 0 spiro atoms. The van der Waals surface area contributed by atoms with Crippen molar-refractivity contribution < 1.29 is 19.5 Å². The van der Waals surface area contributed by atoms with Crippen LogP contribution >= 0.6 is 0 Å². The molecule has 2 rings (SSSR count). The second-order valence-corrected chi connectivity index (χ2v) is 4.57. The van der Waals surface area contributed by atoms with E-state index in [-0.39, 0.29) is 24.3 Å². The average Bonchev–Trinajstić information content (AvgIpc) is 2.46. The Morgan fingerprint density at radius 3 is 2.62 bits per heavy atom. The molecule has 0 saturated carbocycles. The van der Waals surface area contributed by atoms with E-state index in [0.717, 1.165) is 5.56 Å². The monoisotopic (exact) mass is 288 g/mol. The minimum absolute atomic E-state index is 0.0170. The Kier molecular flexibility index (Phi) is 4.20. The van der Waals surface area contributed by atoms with Gasteiger partial charge in [-0.1, -0.05) is 29.4 Å². The van der Waals surface area contributed by atoms with Gasteiger partial charge in [-0.15, -0.1) is 0 Å². The van der Waals surface area contributed by atoms with E-state index in [4.69, 9.17) is 10.6 Å². The number of carbonyl (C=O) groups excluding carboxylic acids is 2. The third-order valence-electron chi connectivity index (χ3n) is 3.30. The Morgan fingerprint density at radius 1 is 1.38 bits per heavy atom. The predicted molar refractivity (Wildman–Crippen MR) is 71.1 cm³/mol. The number of likely N-dealkylation sites (tertiary alicyclic amines) is 1. The van der Waals surface area contributed by atoms with Crippen molar-refractivity contribution in [1.29, 1.82) is 0 Å². The molecule has 1 unspecified atom stereocenters. The SMILES string of the molecule is [N-]=[N+]=NCc1ccc(C2CCC(=O)N(C(=O)O)C2=O)cc1. The third-order valence-corrected chi connectivity index (χ3v) is 3.30. The van der Waals surface area contributed by atoms with Gasteiger partial charge in [-0.25, -0.2) is 4.79 Å². The Labute approximate surface area is 119 Å². The van der Waals surface area contributed by atoms with Gasteiger partial charge in [0, 0.05) is 11.3 Å². The number of hydrogen-bond acceptors (Lipinski definition) is 4. The van der Waals surface area contributed by atoms with Crippen molar-refractivity contribution in [2.45, 2.75) is 25.3 Å². The number of hydrogen-bond donors (Lipinski definition) is 1. The number of rotatable bonds is 3. The summed E-state index contributed by atoms with van der Waals surface area (Å²) < 4.78 is 0. The summed E-state index contributed by atoms with van der Waals surface area (Å²) in [6.07, 6.45) is -1.24. The Morgan fingerprint density at radius 2 is 2.05 bits per heavy atom. The van der Waals surface area contributed by atoms with Gasteiger partial charge in [0.2, 0.25) is 11.8 Å². The van der Waals surface area contributed by atoms with Crippen LogP contribution in [-0.4, -0.2) is 27.9 Å². The first-order chi connectivity index (χ1) is 10.0. The number of imide groups is 3. The molecule has 1 heterocycles. The van der Waals surface area contributed by atoms with E-state index < -0.39 is 23.8 Å². The largest absolute Gasteiger partial charge is 0.464 e. The third kappa shape index (κ3) is 3.01. The molecule has 1 aliphatic rings. The summed E-state index contributed by atoms with van der Waals surface area (Å²) in [5.41, 5.74) is 9.67. The van der Waals surface area contributed by atoms with Crippen LogP contribution < -0.4 is 0 Å². The van der Waals surface area contributed by atoms with Gasteiger partial charge in [-0.05, 0) is 23.1 Å². The lowest BCUT2D eigenvalue weighted by molar-refractivity contribution is -0.146. The molecule has 1 atom stereocenters. The highest BCUT2D eigenvalue weighted by Gasteiger charge is 2.39. The number of benzene rings is 1. The molecule has 1 aromatic carbocycles. The van der Waals surface area contributed by atoms with E-state index in [1.165, 1.54) is 0 Å². The molecule has 1 fully saturated rings. The number of piperidine rings is 1. The zero-order valence-corrected chi connectivity index (χ0v) is 11.0. The van der Waals surface area contributed by atoms with Gasteiger partial charge in [0.1, 0.15) is 0 Å². The van der Waals surface area contributed by atoms with Crippen LogP contribution in [0.1, 0.15) is 29.9 Å². The van der Waals surface area contributed by atoms with Crippen molar-refractivity contribution in [3.05, 3.63) is 45.8 Å². The fraction of sp³-hybridized carbons (Fsp3) is 0.308. The van der Waals surface area contributed by atoms with E-state index in [0.29, 0.717) is 5.56 Å². The first-order valence-electron chi connectivity index (χ1n) is 6.24. The number of azide groups is 1. The molecule has 108 valence electrons. The van der Waals surface area contributed by atoms with Gasteiger partial charge < -0.3 is 5.11 Å². The Hall–Kier alpha value is -2.86. The number of carboxylic acid groups (broad SMARTS) is 1. The summed E-state index contributed by atoms with van der Waals surface area (Å²) >= 11 is 0. The minimum atomic E-state index is -1.55. The molecule has 8 nitrogen and oxygen atoms in total. The summed E-state index contributed by atoms with van der Waals surface area (Å²) in [4.78, 5) is 37.5. The molecule has 21 heavy (non-hydrogen) atoms. The molecule has 0 aromatic heterocycles. The zero-order chi connectivity index (χ0) is 15.4. The van der Waals surface area contributed by atoms with Crippen LogP contribution in [0.25, 0.3) is 10.4 Å². The molecule has 8 heteroatoms. The number of amides is 3. The number of carbonyl (C=O) groups is 3. The predicted octanol–water partition coefficient (Wildman–Crippen LogP) is 2.41. The maximum atomic E-state index is 12.1. The van der Waals surface area contributed by atoms with Crippen LogP contribution in [0.5, 0.6) is 0 Å². The quantitative estimate of drug-likeness (QED) is 0.397. The van der Waals surface area contributed by atoms with E-state index in [9.17, 15) is 14.4 Å². The fourth-order valence-corrected chi connectivity index (χ4v) is 2.26. The summed E-state index contributed by atoms with van der Waals surface area (Å²) in [7, 11) is 0. The molecule has 0 radical (unpaired) electrons. The molecule has 3 amide bonds. The fourth-order valence-electron chi connectivity index (χ4n) is 2.26. The van der Waals surface area contributed by atoms with Gasteiger partial charge in [0.15, 0.2) is 0 Å². The van der Waals surface area contributed by atoms with Crippen LogP contribution in [-0.2, 0) is 16.1 Å². The van der Waals surface area contributed by atoms with E-state index in [1.54, 1.807) is 24.3 Å². The summed E-state index contributed by atoms with van der Waals surface area (Å²) in [5.74, 6) is -2.06. The summed E-state index contributed by atoms with van der Waals surface area (Å²) in [6.45, 7) is 0.204. The second-order valence-electron chi connectivity index (χ2n) is 4.57. The van der Waals surface area contributed by atoms with Gasteiger partial charge >= 0.3 is 6.09 Å². The van der Waals surface area contributed by atoms with Crippen molar-refractivity contribution >= 4 is 17.9 Å². The lowest BCUT2D eigenvalue weighted by atomic mass is 9.89. The zero-order valence-electron chi connectivity index (χ0n) is 11.0. The van der Waals surface area contributed by atoms with Crippen molar-refractivity contribution in [1.82, 2.24) is 4.90 Å². The average molecular weight is 288 g/mol. The van der Waals surface area contributed by atoms with Gasteiger partial charge in [0.05, 0.1) is 12.5 Å². The standard InChI is InChI=1S/C13H12N4O4/c14-16-15-7-8-1-3-9(4-2-8)10-5-6-11(18)17(12(10)19)13(20)21/h1-4,10H,5-7H2,(H,20,21). The van der Waals surface area contributed by atoms with Crippen molar-refractivity contribution in [3.63, 3.8) is 0 Å². The first-order valence-corrected chi connectivity index (χ1v) is 6.24. The summed E-state index contributed by atoms with van der Waals surface area (Å²) in [6, 6.07) is 6.78. The Balaban J connectivity index is 2.21. The number of nitrogens with zero attached hydrogens (tertiary/aromatic N) is 4. The first kappa shape index (κ1) is 14.5. The topological polar surface area (TPSA) is 123 Å². The van der Waals surface area contributed by atoms with Crippen molar-refractivity contribution in [3.8, 4) is 0 Å². The van der Waals surface area contributed by atoms with E-state index in [1.807, 2.05) is 0 Å². The smallest absolute Gasteiger partial charge is 0.421 e. The minimum Gasteiger partial charge on any atom is -0.464 e. The Bertz CT molecular complexity index is 634. The molecule has 1 N–H and O–H groups in total. The van der Waals surface area contributed by atoms with Crippen LogP contribution in [0.15, 0.2) is 29.4 Å². The van der Waals surface area contributed by atoms with Crippen molar-refractivity contribution in [2.75, 3.05) is 0 Å². The molecule has 0 bridgehead atoms. The highest BCUT2D eigenvalue weighted by molar-refractivity contribution is 6.11. The van der Waals surface area contributed by atoms with Crippen LogP contribution in [0.4, 0.5) is 4.79 Å². The molecule has 1 saturated heterocycles. The molecular weight excluding hydrogens is 276 g/mol. The second kappa shape index (κ2) is 6.06. The molecule has 1 aliphatic heterocycles. The highest BCUT2D eigenvalue weighted by atomic mass is 16.4.